The summed E-state index contributed by atoms with van der Waals surface area (Å²) in [6.07, 6.45) is 0. The molecule has 2 atom stereocenters. The van der Waals surface area contributed by atoms with Crippen molar-refractivity contribution in [2.24, 2.45) is 0 Å². The first-order chi connectivity index (χ1) is 10.1. The van der Waals surface area contributed by atoms with E-state index in [0.29, 0.717) is 22.1 Å². The molecule has 1 aliphatic heterocycles. The Morgan fingerprint density at radius 1 is 1.05 bits per heavy atom. The molecule has 0 aromatic heterocycles. The highest BCUT2D eigenvalue weighted by atomic mass is 35.5. The second-order valence-corrected chi connectivity index (χ2v) is 6.29. The minimum Gasteiger partial charge on any atom is -0.366 e. The number of hydrogen-bond acceptors (Lipinski definition) is 2. The lowest BCUT2D eigenvalue weighted by molar-refractivity contribution is 0.414. The molecule has 0 saturated carbocycles. The van der Waals surface area contributed by atoms with Crippen molar-refractivity contribution in [2.45, 2.75) is 19.0 Å². The minimum absolute atomic E-state index is 0.330. The number of hydrogen-bond donors (Lipinski definition) is 1. The molecule has 1 fully saturated rings. The van der Waals surface area contributed by atoms with Gasteiger partial charge in [0, 0.05) is 30.9 Å². The number of anilines is 1. The van der Waals surface area contributed by atoms with E-state index < -0.39 is 0 Å². The predicted octanol–water partition coefficient (Wildman–Crippen LogP) is 4.53. The monoisotopic (exact) mass is 320 g/mol. The van der Waals surface area contributed by atoms with Crippen LogP contribution in [0.15, 0.2) is 48.5 Å². The molecule has 1 N–H and O–H groups in total. The van der Waals surface area contributed by atoms with Gasteiger partial charge in [0.05, 0.1) is 10.0 Å². The van der Waals surface area contributed by atoms with Crippen LogP contribution in [0.3, 0.4) is 0 Å². The van der Waals surface area contributed by atoms with E-state index in [-0.39, 0.29) is 0 Å². The Morgan fingerprint density at radius 2 is 1.81 bits per heavy atom. The minimum atomic E-state index is 0.330. The molecule has 110 valence electrons. The Labute approximate surface area is 135 Å². The SMILES string of the molecule is CC1CNC(c2ccccc2)CN1c1ccc(Cl)c(Cl)c1. The Kier molecular flexibility index (Phi) is 4.39. The highest BCUT2D eigenvalue weighted by molar-refractivity contribution is 6.42. The molecule has 21 heavy (non-hydrogen) atoms. The third kappa shape index (κ3) is 3.18. The summed E-state index contributed by atoms with van der Waals surface area (Å²) >= 11 is 12.2. The number of nitrogens with zero attached hydrogens (tertiary/aromatic N) is 1. The van der Waals surface area contributed by atoms with Crippen LogP contribution in [0.2, 0.25) is 10.0 Å². The molecule has 2 aromatic carbocycles. The molecule has 2 unspecified atom stereocenters. The van der Waals surface area contributed by atoms with Crippen LogP contribution in [0.4, 0.5) is 5.69 Å². The van der Waals surface area contributed by atoms with Crippen LogP contribution in [0, 0.1) is 0 Å². The molecule has 1 saturated heterocycles. The highest BCUT2D eigenvalue weighted by Gasteiger charge is 2.26. The van der Waals surface area contributed by atoms with Gasteiger partial charge >= 0.3 is 0 Å². The molecule has 3 rings (SSSR count). The van der Waals surface area contributed by atoms with Gasteiger partial charge in [-0.3, -0.25) is 0 Å². The molecule has 1 aliphatic rings. The smallest absolute Gasteiger partial charge is 0.0612 e. The summed E-state index contributed by atoms with van der Waals surface area (Å²) in [6.45, 7) is 4.08. The first kappa shape index (κ1) is 14.7. The molecule has 0 radical (unpaired) electrons. The molecule has 1 heterocycles. The van der Waals surface area contributed by atoms with Crippen molar-refractivity contribution in [3.63, 3.8) is 0 Å². The molecule has 2 aromatic rings. The van der Waals surface area contributed by atoms with Crippen molar-refractivity contribution in [2.75, 3.05) is 18.0 Å². The van der Waals surface area contributed by atoms with Crippen LogP contribution >= 0.6 is 23.2 Å². The molecule has 0 spiro atoms. The van der Waals surface area contributed by atoms with E-state index in [4.69, 9.17) is 23.2 Å². The number of halogens is 2. The lowest BCUT2D eigenvalue weighted by atomic mass is 10.0. The average Bonchev–Trinajstić information content (AvgIpc) is 2.51. The summed E-state index contributed by atoms with van der Waals surface area (Å²) in [4.78, 5) is 2.39. The first-order valence-electron chi connectivity index (χ1n) is 7.15. The maximum Gasteiger partial charge on any atom is 0.0612 e. The zero-order chi connectivity index (χ0) is 14.8. The summed E-state index contributed by atoms with van der Waals surface area (Å²) in [5.74, 6) is 0. The third-order valence-electron chi connectivity index (χ3n) is 4.01. The van der Waals surface area contributed by atoms with Gasteiger partial charge in [-0.15, -0.1) is 0 Å². The normalized spacial score (nSPS) is 22.3. The second-order valence-electron chi connectivity index (χ2n) is 5.47. The standard InChI is InChI=1S/C17H18Cl2N2/c1-12-10-20-17(13-5-3-2-4-6-13)11-21(12)14-7-8-15(18)16(19)9-14/h2-9,12,17,20H,10-11H2,1H3. The van der Waals surface area contributed by atoms with Gasteiger partial charge in [-0.1, -0.05) is 53.5 Å². The third-order valence-corrected chi connectivity index (χ3v) is 4.75. The zero-order valence-electron chi connectivity index (χ0n) is 11.9. The fourth-order valence-corrected chi connectivity index (χ4v) is 3.09. The number of piperazine rings is 1. The summed E-state index contributed by atoms with van der Waals surface area (Å²) in [7, 11) is 0. The van der Waals surface area contributed by atoms with E-state index in [1.165, 1.54) is 5.56 Å². The van der Waals surface area contributed by atoms with Crippen molar-refractivity contribution < 1.29 is 0 Å². The van der Waals surface area contributed by atoms with E-state index >= 15 is 0 Å². The number of nitrogens with one attached hydrogen (secondary N) is 1. The van der Waals surface area contributed by atoms with Crippen LogP contribution in [0.5, 0.6) is 0 Å². The molecular formula is C17H18Cl2N2. The van der Waals surface area contributed by atoms with Crippen LogP contribution in [-0.2, 0) is 0 Å². The van der Waals surface area contributed by atoms with Gasteiger partial charge in [0.1, 0.15) is 0 Å². The van der Waals surface area contributed by atoms with Crippen molar-refractivity contribution in [1.29, 1.82) is 0 Å². The number of rotatable bonds is 2. The van der Waals surface area contributed by atoms with Crippen LogP contribution in [0.1, 0.15) is 18.5 Å². The molecule has 4 heteroatoms. The van der Waals surface area contributed by atoms with E-state index in [1.807, 2.05) is 24.3 Å². The predicted molar refractivity (Wildman–Crippen MR) is 90.5 cm³/mol. The quantitative estimate of drug-likeness (QED) is 0.874. The lowest BCUT2D eigenvalue weighted by Crippen LogP contribution is -2.51. The Morgan fingerprint density at radius 3 is 2.52 bits per heavy atom. The fraction of sp³-hybridized carbons (Fsp3) is 0.294. The summed E-state index contributed by atoms with van der Waals surface area (Å²) in [5.41, 5.74) is 2.44. The maximum atomic E-state index is 6.16. The average molecular weight is 321 g/mol. The number of benzene rings is 2. The van der Waals surface area contributed by atoms with Crippen LogP contribution < -0.4 is 10.2 Å². The van der Waals surface area contributed by atoms with E-state index in [0.717, 1.165) is 18.8 Å². The van der Waals surface area contributed by atoms with Gasteiger partial charge < -0.3 is 10.2 Å². The van der Waals surface area contributed by atoms with Gasteiger partial charge in [0.15, 0.2) is 0 Å². The molecular weight excluding hydrogens is 303 g/mol. The van der Waals surface area contributed by atoms with E-state index in [1.54, 1.807) is 0 Å². The molecule has 2 nitrogen and oxygen atoms in total. The van der Waals surface area contributed by atoms with E-state index in [2.05, 4.69) is 41.4 Å². The summed E-state index contributed by atoms with van der Waals surface area (Å²) in [6, 6.07) is 17.2. The Hall–Kier alpha value is -1.22. The van der Waals surface area contributed by atoms with Gasteiger partial charge in [-0.05, 0) is 30.7 Å². The largest absolute Gasteiger partial charge is 0.366 e. The van der Waals surface area contributed by atoms with Crippen molar-refractivity contribution in [1.82, 2.24) is 5.32 Å². The Balaban J connectivity index is 1.85. The highest BCUT2D eigenvalue weighted by Crippen LogP contribution is 2.30. The fourth-order valence-electron chi connectivity index (χ4n) is 2.80. The zero-order valence-corrected chi connectivity index (χ0v) is 13.4. The van der Waals surface area contributed by atoms with Gasteiger partial charge in [0.25, 0.3) is 0 Å². The maximum absolute atomic E-state index is 6.16. The summed E-state index contributed by atoms with van der Waals surface area (Å²) in [5, 5.41) is 4.82. The van der Waals surface area contributed by atoms with Gasteiger partial charge in [-0.25, -0.2) is 0 Å². The molecule has 0 amide bonds. The van der Waals surface area contributed by atoms with Gasteiger partial charge in [-0.2, -0.15) is 0 Å². The molecule has 0 bridgehead atoms. The first-order valence-corrected chi connectivity index (χ1v) is 7.91. The van der Waals surface area contributed by atoms with Crippen molar-refractivity contribution in [3.05, 3.63) is 64.1 Å². The van der Waals surface area contributed by atoms with Crippen LogP contribution in [0.25, 0.3) is 0 Å². The van der Waals surface area contributed by atoms with Crippen molar-refractivity contribution >= 4 is 28.9 Å². The Bertz CT molecular complexity index is 615. The summed E-state index contributed by atoms with van der Waals surface area (Å²) < 4.78 is 0. The van der Waals surface area contributed by atoms with Crippen LogP contribution in [-0.4, -0.2) is 19.1 Å². The van der Waals surface area contributed by atoms with Gasteiger partial charge in [0.2, 0.25) is 0 Å². The topological polar surface area (TPSA) is 15.3 Å². The second kappa shape index (κ2) is 6.27. The van der Waals surface area contributed by atoms with E-state index in [9.17, 15) is 0 Å². The molecule has 0 aliphatic carbocycles. The van der Waals surface area contributed by atoms with Crippen molar-refractivity contribution in [3.8, 4) is 0 Å². The lowest BCUT2D eigenvalue weighted by Gasteiger charge is -2.40.